The molecule has 0 fully saturated rings. The lowest BCUT2D eigenvalue weighted by Gasteiger charge is -2.18. The first-order valence-electron chi connectivity index (χ1n) is 3.52. The molecular weight excluding hydrogens is 176 g/mol. The van der Waals surface area contributed by atoms with Gasteiger partial charge in [-0.3, -0.25) is 9.59 Å². The van der Waals surface area contributed by atoms with E-state index in [1.54, 1.807) is 0 Å². The zero-order valence-corrected chi connectivity index (χ0v) is 6.46. The lowest BCUT2D eigenvalue weighted by Crippen LogP contribution is -2.47. The summed E-state index contributed by atoms with van der Waals surface area (Å²) in [5, 5.41) is 0.492. The molecule has 7 nitrogen and oxygen atoms in total. The number of fused-ring (bicyclic) bond motifs is 1. The van der Waals surface area contributed by atoms with Crippen molar-refractivity contribution in [2.24, 2.45) is 5.84 Å². The van der Waals surface area contributed by atoms with Crippen molar-refractivity contribution in [2.75, 3.05) is 0 Å². The summed E-state index contributed by atoms with van der Waals surface area (Å²) >= 11 is 0. The van der Waals surface area contributed by atoms with Crippen LogP contribution in [0.3, 0.4) is 0 Å². The van der Waals surface area contributed by atoms with E-state index in [-0.39, 0.29) is 12.1 Å². The first-order valence-corrected chi connectivity index (χ1v) is 3.52. The molecule has 0 spiro atoms. The SMILES string of the molecule is NN1C(=O)Cc2[nH]c(=O)[nH]c2C1=O. The molecule has 2 rings (SSSR count). The quantitative estimate of drug-likeness (QED) is 0.247. The number of nitrogens with two attached hydrogens (primary N) is 1. The molecule has 68 valence electrons. The number of rotatable bonds is 0. The summed E-state index contributed by atoms with van der Waals surface area (Å²) in [4.78, 5) is 37.6. The topological polar surface area (TPSA) is 112 Å². The van der Waals surface area contributed by atoms with E-state index in [2.05, 4.69) is 9.97 Å². The molecule has 1 aromatic rings. The first kappa shape index (κ1) is 7.74. The normalized spacial score (nSPS) is 16.2. The van der Waals surface area contributed by atoms with Crippen LogP contribution in [0.4, 0.5) is 0 Å². The monoisotopic (exact) mass is 182 g/mol. The molecule has 4 N–H and O–H groups in total. The van der Waals surface area contributed by atoms with Crippen LogP contribution in [0.1, 0.15) is 16.2 Å². The smallest absolute Gasteiger partial charge is 0.309 e. The second-order valence-corrected chi connectivity index (χ2v) is 2.68. The van der Waals surface area contributed by atoms with Crippen LogP contribution < -0.4 is 11.5 Å². The van der Waals surface area contributed by atoms with Crippen LogP contribution in [-0.4, -0.2) is 26.8 Å². The molecule has 13 heavy (non-hydrogen) atoms. The fraction of sp³-hybridized carbons (Fsp3) is 0.167. The zero-order valence-electron chi connectivity index (χ0n) is 6.46. The number of carbonyl (C=O) groups excluding carboxylic acids is 2. The highest BCUT2D eigenvalue weighted by atomic mass is 16.2. The molecule has 7 heteroatoms. The molecule has 1 aromatic heterocycles. The average Bonchev–Trinajstić information content (AvgIpc) is 2.42. The van der Waals surface area contributed by atoms with Crippen molar-refractivity contribution >= 4 is 11.8 Å². The van der Waals surface area contributed by atoms with Crippen LogP contribution in [0.2, 0.25) is 0 Å². The van der Waals surface area contributed by atoms with Gasteiger partial charge in [0.1, 0.15) is 5.69 Å². The lowest BCUT2D eigenvalue weighted by molar-refractivity contribution is -0.128. The van der Waals surface area contributed by atoms with Crippen molar-refractivity contribution in [2.45, 2.75) is 6.42 Å². The van der Waals surface area contributed by atoms with Crippen molar-refractivity contribution in [1.82, 2.24) is 15.0 Å². The minimum Gasteiger partial charge on any atom is -0.309 e. The summed E-state index contributed by atoms with van der Waals surface area (Å²) in [6, 6.07) is 0. The van der Waals surface area contributed by atoms with Crippen molar-refractivity contribution in [1.29, 1.82) is 0 Å². The van der Waals surface area contributed by atoms with Crippen LogP contribution in [0.5, 0.6) is 0 Å². The molecule has 0 saturated heterocycles. The molecule has 0 aromatic carbocycles. The summed E-state index contributed by atoms with van der Waals surface area (Å²) in [6.45, 7) is 0. The van der Waals surface area contributed by atoms with Gasteiger partial charge in [0.25, 0.3) is 5.91 Å². The van der Waals surface area contributed by atoms with Gasteiger partial charge in [-0.15, -0.1) is 0 Å². The molecule has 0 radical (unpaired) electrons. The number of imidazole rings is 1. The Morgan fingerprint density at radius 3 is 2.62 bits per heavy atom. The predicted octanol–water partition coefficient (Wildman–Crippen LogP) is -1.90. The van der Waals surface area contributed by atoms with Gasteiger partial charge in [-0.25, -0.2) is 15.6 Å². The number of imide groups is 1. The van der Waals surface area contributed by atoms with Crippen LogP contribution in [0.15, 0.2) is 4.79 Å². The van der Waals surface area contributed by atoms with E-state index < -0.39 is 17.5 Å². The molecule has 0 saturated carbocycles. The van der Waals surface area contributed by atoms with Gasteiger partial charge in [-0.2, -0.15) is 0 Å². The lowest BCUT2D eigenvalue weighted by atomic mass is 10.1. The van der Waals surface area contributed by atoms with E-state index in [0.29, 0.717) is 10.7 Å². The largest absolute Gasteiger partial charge is 0.323 e. The highest BCUT2D eigenvalue weighted by Crippen LogP contribution is 2.11. The summed E-state index contributed by atoms with van der Waals surface area (Å²) in [7, 11) is 0. The molecule has 1 aliphatic heterocycles. The number of hydrazine groups is 1. The Morgan fingerprint density at radius 1 is 1.23 bits per heavy atom. The second kappa shape index (κ2) is 2.30. The molecule has 0 bridgehead atoms. The summed E-state index contributed by atoms with van der Waals surface area (Å²) in [6.07, 6.45) is -0.0592. The van der Waals surface area contributed by atoms with Gasteiger partial charge < -0.3 is 9.97 Å². The van der Waals surface area contributed by atoms with Crippen LogP contribution in [0, 0.1) is 0 Å². The van der Waals surface area contributed by atoms with E-state index in [1.807, 2.05) is 0 Å². The third-order valence-corrected chi connectivity index (χ3v) is 1.83. The third-order valence-electron chi connectivity index (χ3n) is 1.83. The number of nitrogens with one attached hydrogen (secondary N) is 2. The number of amides is 2. The van der Waals surface area contributed by atoms with E-state index in [0.717, 1.165) is 0 Å². The Kier molecular flexibility index (Phi) is 1.37. The number of carbonyl (C=O) groups is 2. The summed E-state index contributed by atoms with van der Waals surface area (Å²) in [5.41, 5.74) is -0.157. The standard InChI is InChI=1S/C6H6N4O3/c7-10-3(11)1-2-4(5(10)12)9-6(13)8-2/h1,7H2,(H2,8,9,13). The fourth-order valence-corrected chi connectivity index (χ4v) is 1.21. The van der Waals surface area contributed by atoms with Gasteiger partial charge in [-0.1, -0.05) is 0 Å². The van der Waals surface area contributed by atoms with Crippen molar-refractivity contribution < 1.29 is 9.59 Å². The third kappa shape index (κ3) is 0.975. The van der Waals surface area contributed by atoms with E-state index in [1.165, 1.54) is 0 Å². The van der Waals surface area contributed by atoms with Crippen LogP contribution in [-0.2, 0) is 11.2 Å². The maximum atomic E-state index is 11.2. The number of aromatic nitrogens is 2. The summed E-state index contributed by atoms with van der Waals surface area (Å²) in [5.74, 6) is 3.92. The maximum Gasteiger partial charge on any atom is 0.323 e. The maximum absolute atomic E-state index is 11.2. The van der Waals surface area contributed by atoms with E-state index in [9.17, 15) is 14.4 Å². The highest BCUT2D eigenvalue weighted by Gasteiger charge is 2.31. The number of nitrogens with zero attached hydrogens (tertiary/aromatic N) is 1. The van der Waals surface area contributed by atoms with Gasteiger partial charge in [0.15, 0.2) is 0 Å². The zero-order chi connectivity index (χ0) is 9.59. The molecule has 2 heterocycles. The first-order chi connectivity index (χ1) is 6.09. The van der Waals surface area contributed by atoms with Gasteiger partial charge in [0, 0.05) is 0 Å². The average molecular weight is 182 g/mol. The summed E-state index contributed by atoms with van der Waals surface area (Å²) < 4.78 is 0. The number of aromatic amines is 2. The van der Waals surface area contributed by atoms with Crippen LogP contribution >= 0.6 is 0 Å². The fourth-order valence-electron chi connectivity index (χ4n) is 1.21. The van der Waals surface area contributed by atoms with Crippen molar-refractivity contribution in [3.05, 3.63) is 21.9 Å². The van der Waals surface area contributed by atoms with Crippen LogP contribution in [0.25, 0.3) is 0 Å². The number of hydrogen-bond acceptors (Lipinski definition) is 4. The molecule has 0 atom stereocenters. The van der Waals surface area contributed by atoms with E-state index in [4.69, 9.17) is 5.84 Å². The predicted molar refractivity (Wildman–Crippen MR) is 40.5 cm³/mol. The Balaban J connectivity index is 2.60. The Hall–Kier alpha value is -1.89. The number of hydrogen-bond donors (Lipinski definition) is 3. The molecule has 0 unspecified atom stereocenters. The van der Waals surface area contributed by atoms with E-state index >= 15 is 0 Å². The number of H-pyrrole nitrogens is 2. The minimum absolute atomic E-state index is 0.0592. The molecule has 1 aliphatic rings. The minimum atomic E-state index is -0.690. The Morgan fingerprint density at radius 2 is 1.92 bits per heavy atom. The van der Waals surface area contributed by atoms with Gasteiger partial charge in [0.2, 0.25) is 5.91 Å². The van der Waals surface area contributed by atoms with Crippen molar-refractivity contribution in [3.8, 4) is 0 Å². The molecule has 2 amide bonds. The van der Waals surface area contributed by atoms with Gasteiger partial charge >= 0.3 is 5.69 Å². The van der Waals surface area contributed by atoms with Crippen molar-refractivity contribution in [3.63, 3.8) is 0 Å². The highest BCUT2D eigenvalue weighted by molar-refractivity contribution is 6.07. The molecule has 0 aliphatic carbocycles. The van der Waals surface area contributed by atoms with Gasteiger partial charge in [-0.05, 0) is 0 Å². The molecular formula is C6H6N4O3. The second-order valence-electron chi connectivity index (χ2n) is 2.68. The Labute approximate surface area is 71.5 Å². The van der Waals surface area contributed by atoms with Gasteiger partial charge in [0.05, 0.1) is 12.1 Å². The Bertz CT molecular complexity index is 443.